The molecule has 1 heterocycles. The fourth-order valence-corrected chi connectivity index (χ4v) is 2.25. The first-order valence-electron chi connectivity index (χ1n) is 3.13. The molecule has 0 radical (unpaired) electrons. The van der Waals surface area contributed by atoms with Crippen LogP contribution < -0.4 is 0 Å². The normalized spacial score (nSPS) is 32.5. The van der Waals surface area contributed by atoms with Crippen molar-refractivity contribution in [2.75, 3.05) is 11.5 Å². The SMILES string of the molecule is O=C(O)CC1CSCC1F. The maximum atomic E-state index is 12.7. The summed E-state index contributed by atoms with van der Waals surface area (Å²) in [7, 11) is 0. The van der Waals surface area contributed by atoms with Crippen LogP contribution in [0.1, 0.15) is 6.42 Å². The first-order chi connectivity index (χ1) is 4.70. The smallest absolute Gasteiger partial charge is 0.303 e. The highest BCUT2D eigenvalue weighted by Crippen LogP contribution is 2.28. The third kappa shape index (κ3) is 1.87. The summed E-state index contributed by atoms with van der Waals surface area (Å²) in [6.07, 6.45) is -0.921. The van der Waals surface area contributed by atoms with E-state index in [0.717, 1.165) is 0 Å². The van der Waals surface area contributed by atoms with Crippen LogP contribution in [0.25, 0.3) is 0 Å². The molecule has 2 atom stereocenters. The van der Waals surface area contributed by atoms with Gasteiger partial charge in [0.2, 0.25) is 0 Å². The molecule has 58 valence electrons. The molecular weight excluding hydrogens is 155 g/mol. The number of rotatable bonds is 2. The van der Waals surface area contributed by atoms with E-state index in [1.807, 2.05) is 0 Å². The van der Waals surface area contributed by atoms with Gasteiger partial charge in [-0.05, 0) is 5.75 Å². The molecule has 2 unspecified atom stereocenters. The average molecular weight is 164 g/mol. The van der Waals surface area contributed by atoms with Gasteiger partial charge in [0.1, 0.15) is 6.17 Å². The van der Waals surface area contributed by atoms with E-state index in [2.05, 4.69) is 0 Å². The highest BCUT2D eigenvalue weighted by Gasteiger charge is 2.29. The molecule has 1 fully saturated rings. The maximum Gasteiger partial charge on any atom is 0.303 e. The molecule has 0 aromatic carbocycles. The Bertz CT molecular complexity index is 140. The Morgan fingerprint density at radius 2 is 2.40 bits per heavy atom. The number of carboxylic acids is 1. The van der Waals surface area contributed by atoms with E-state index in [1.54, 1.807) is 0 Å². The molecule has 1 rings (SSSR count). The number of halogens is 1. The highest BCUT2D eigenvalue weighted by molar-refractivity contribution is 7.99. The van der Waals surface area contributed by atoms with Gasteiger partial charge in [0, 0.05) is 11.7 Å². The lowest BCUT2D eigenvalue weighted by atomic mass is 10.0. The van der Waals surface area contributed by atoms with Crippen molar-refractivity contribution < 1.29 is 14.3 Å². The first-order valence-corrected chi connectivity index (χ1v) is 4.29. The predicted octanol–water partition coefficient (Wildman–Crippen LogP) is 1.16. The summed E-state index contributed by atoms with van der Waals surface area (Å²) < 4.78 is 12.7. The molecule has 0 amide bonds. The van der Waals surface area contributed by atoms with Crippen LogP contribution in [0.2, 0.25) is 0 Å². The summed E-state index contributed by atoms with van der Waals surface area (Å²) in [5, 5.41) is 8.32. The second kappa shape index (κ2) is 3.23. The van der Waals surface area contributed by atoms with Gasteiger partial charge in [-0.1, -0.05) is 0 Å². The first kappa shape index (κ1) is 7.85. The van der Waals surface area contributed by atoms with Gasteiger partial charge in [-0.3, -0.25) is 4.79 Å². The lowest BCUT2D eigenvalue weighted by molar-refractivity contribution is -0.138. The Balaban J connectivity index is 2.33. The van der Waals surface area contributed by atoms with Crippen LogP contribution in [0.5, 0.6) is 0 Å². The van der Waals surface area contributed by atoms with E-state index in [9.17, 15) is 9.18 Å². The zero-order chi connectivity index (χ0) is 7.56. The van der Waals surface area contributed by atoms with Gasteiger partial charge in [-0.2, -0.15) is 11.8 Å². The fourth-order valence-electron chi connectivity index (χ4n) is 0.984. The monoisotopic (exact) mass is 164 g/mol. The maximum absolute atomic E-state index is 12.7. The minimum absolute atomic E-state index is 0.0197. The third-order valence-corrected chi connectivity index (χ3v) is 2.78. The third-order valence-electron chi connectivity index (χ3n) is 1.56. The van der Waals surface area contributed by atoms with Crippen LogP contribution in [0.15, 0.2) is 0 Å². The number of hydrogen-bond donors (Lipinski definition) is 1. The number of thioether (sulfide) groups is 1. The lowest BCUT2D eigenvalue weighted by Crippen LogP contribution is -2.16. The average Bonchev–Trinajstić information content (AvgIpc) is 2.15. The molecule has 0 bridgehead atoms. The molecule has 1 N–H and O–H groups in total. The molecular formula is C6H9FO2S. The minimum atomic E-state index is -0.902. The van der Waals surface area contributed by atoms with Crippen LogP contribution in [-0.2, 0) is 4.79 Å². The van der Waals surface area contributed by atoms with E-state index in [1.165, 1.54) is 11.8 Å². The molecule has 0 aliphatic carbocycles. The van der Waals surface area contributed by atoms with Crippen molar-refractivity contribution in [2.24, 2.45) is 5.92 Å². The van der Waals surface area contributed by atoms with Gasteiger partial charge in [-0.25, -0.2) is 4.39 Å². The predicted molar refractivity (Wildman–Crippen MR) is 38.0 cm³/mol. The molecule has 4 heteroatoms. The molecule has 2 nitrogen and oxygen atoms in total. The summed E-state index contributed by atoms with van der Waals surface area (Å²) in [6, 6.07) is 0. The van der Waals surface area contributed by atoms with Crippen LogP contribution in [0.4, 0.5) is 4.39 Å². The number of hydrogen-bond acceptors (Lipinski definition) is 2. The van der Waals surface area contributed by atoms with E-state index in [4.69, 9.17) is 5.11 Å². The van der Waals surface area contributed by atoms with Crippen molar-refractivity contribution in [1.29, 1.82) is 0 Å². The molecule has 0 spiro atoms. The number of carbonyl (C=O) groups is 1. The van der Waals surface area contributed by atoms with Gasteiger partial charge >= 0.3 is 5.97 Å². The van der Waals surface area contributed by atoms with Crippen LogP contribution in [0.3, 0.4) is 0 Å². The Morgan fingerprint density at radius 1 is 1.70 bits per heavy atom. The van der Waals surface area contributed by atoms with Gasteiger partial charge in [0.15, 0.2) is 0 Å². The highest BCUT2D eigenvalue weighted by atomic mass is 32.2. The van der Waals surface area contributed by atoms with Crippen molar-refractivity contribution >= 4 is 17.7 Å². The topological polar surface area (TPSA) is 37.3 Å². The van der Waals surface area contributed by atoms with Gasteiger partial charge in [-0.15, -0.1) is 0 Å². The van der Waals surface area contributed by atoms with Crippen molar-refractivity contribution in [3.63, 3.8) is 0 Å². The van der Waals surface area contributed by atoms with Crippen molar-refractivity contribution in [2.45, 2.75) is 12.6 Å². The Labute approximate surface area is 62.8 Å². The molecule has 0 aromatic rings. The molecule has 1 aliphatic rings. The second-order valence-corrected chi connectivity index (χ2v) is 3.49. The van der Waals surface area contributed by atoms with E-state index >= 15 is 0 Å². The summed E-state index contributed by atoms with van der Waals surface area (Å²) in [5.41, 5.74) is 0. The van der Waals surface area contributed by atoms with Crippen molar-refractivity contribution in [3.05, 3.63) is 0 Å². The minimum Gasteiger partial charge on any atom is -0.481 e. The molecule has 1 aliphatic heterocycles. The molecule has 0 aromatic heterocycles. The summed E-state index contributed by atoms with van der Waals surface area (Å²) in [5.74, 6) is -0.0107. The fraction of sp³-hybridized carbons (Fsp3) is 0.833. The standard InChI is InChI=1S/C6H9FO2S/c7-5-3-10-2-4(5)1-6(8)9/h4-5H,1-3H2,(H,8,9). The van der Waals surface area contributed by atoms with Crippen LogP contribution >= 0.6 is 11.8 Å². The zero-order valence-electron chi connectivity index (χ0n) is 5.42. The lowest BCUT2D eigenvalue weighted by Gasteiger charge is -2.06. The molecule has 1 saturated heterocycles. The summed E-state index contributed by atoms with van der Waals surface area (Å²) in [6.45, 7) is 0. The van der Waals surface area contributed by atoms with Gasteiger partial charge < -0.3 is 5.11 Å². The Hall–Kier alpha value is -0.250. The van der Waals surface area contributed by atoms with Crippen LogP contribution in [-0.4, -0.2) is 28.8 Å². The van der Waals surface area contributed by atoms with E-state index in [-0.39, 0.29) is 12.3 Å². The quantitative estimate of drug-likeness (QED) is 0.665. The van der Waals surface area contributed by atoms with Crippen molar-refractivity contribution in [1.82, 2.24) is 0 Å². The number of alkyl halides is 1. The molecule has 10 heavy (non-hydrogen) atoms. The van der Waals surface area contributed by atoms with Gasteiger partial charge in [0.25, 0.3) is 0 Å². The van der Waals surface area contributed by atoms with Crippen molar-refractivity contribution in [3.8, 4) is 0 Å². The van der Waals surface area contributed by atoms with Gasteiger partial charge in [0.05, 0.1) is 6.42 Å². The number of carboxylic acid groups (broad SMARTS) is 1. The zero-order valence-corrected chi connectivity index (χ0v) is 6.23. The number of aliphatic carboxylic acids is 1. The summed E-state index contributed by atoms with van der Waals surface area (Å²) in [4.78, 5) is 10.1. The Morgan fingerprint density at radius 3 is 2.80 bits per heavy atom. The van der Waals surface area contributed by atoms with E-state index < -0.39 is 12.1 Å². The largest absolute Gasteiger partial charge is 0.481 e. The Kier molecular flexibility index (Phi) is 2.54. The van der Waals surface area contributed by atoms with Crippen LogP contribution in [0, 0.1) is 5.92 Å². The molecule has 0 saturated carbocycles. The second-order valence-electron chi connectivity index (χ2n) is 2.41. The summed E-state index contributed by atoms with van der Waals surface area (Å²) >= 11 is 1.49. The van der Waals surface area contributed by atoms with E-state index in [0.29, 0.717) is 11.5 Å².